The Morgan fingerprint density at radius 2 is 1.83 bits per heavy atom. The summed E-state index contributed by atoms with van der Waals surface area (Å²) in [5.74, 6) is 0.736. The number of nitrogens with zero attached hydrogens (tertiary/aromatic N) is 1. The Balaban J connectivity index is 1.99. The molecule has 1 aromatic carbocycles. The van der Waals surface area contributed by atoms with E-state index >= 15 is 0 Å². The van der Waals surface area contributed by atoms with E-state index in [9.17, 15) is 9.59 Å². The van der Waals surface area contributed by atoms with Crippen LogP contribution in [-0.2, 0) is 6.42 Å². The van der Waals surface area contributed by atoms with Crippen LogP contribution in [0, 0.1) is 6.92 Å². The first-order chi connectivity index (χ1) is 11.6. The molecule has 0 fully saturated rings. The normalized spacial score (nSPS) is 15.5. The van der Waals surface area contributed by atoms with Crippen LogP contribution in [0.3, 0.4) is 0 Å². The van der Waals surface area contributed by atoms with Gasteiger partial charge in [0.15, 0.2) is 5.82 Å². The Labute approximate surface area is 137 Å². The second-order valence-corrected chi connectivity index (χ2v) is 5.96. The summed E-state index contributed by atoms with van der Waals surface area (Å²) in [6, 6.07) is 8.18. The molecule has 4 rings (SSSR count). The molecule has 0 saturated heterocycles. The standard InChI is InChI=1S/C17H17N5O2/c1-3-9-4-6-10(7-5-9)12-11-8(2)21-22-15(11)18-14-13(12)16(23)20-17(24)19-14/h4-7,12H,3H2,1-2H3,(H4,18,19,20,21,22,23,24)/t12-/m1/s1. The average Bonchev–Trinajstić information content (AvgIpc) is 2.94. The van der Waals surface area contributed by atoms with Crippen LogP contribution in [0.25, 0.3) is 0 Å². The summed E-state index contributed by atoms with van der Waals surface area (Å²) in [5, 5.41) is 10.3. The molecule has 3 heterocycles. The number of hydrogen-bond donors (Lipinski definition) is 4. The topological polar surface area (TPSA) is 106 Å². The second kappa shape index (κ2) is 5.23. The lowest BCUT2D eigenvalue weighted by atomic mass is 9.83. The van der Waals surface area contributed by atoms with Crippen molar-refractivity contribution in [2.24, 2.45) is 0 Å². The SMILES string of the molecule is CCc1ccc([C@@H]2c3c(n[nH]c3C)Nc3[nH]c(=O)[nH]c(=O)c32)cc1. The van der Waals surface area contributed by atoms with Crippen LogP contribution in [0.2, 0.25) is 0 Å². The number of benzene rings is 1. The van der Waals surface area contributed by atoms with Crippen molar-refractivity contribution >= 4 is 11.6 Å². The molecule has 4 N–H and O–H groups in total. The Morgan fingerprint density at radius 3 is 2.54 bits per heavy atom. The van der Waals surface area contributed by atoms with Crippen LogP contribution >= 0.6 is 0 Å². The van der Waals surface area contributed by atoms with Gasteiger partial charge in [0.05, 0.1) is 5.56 Å². The van der Waals surface area contributed by atoms with Gasteiger partial charge >= 0.3 is 5.69 Å². The molecule has 1 atom stereocenters. The molecule has 24 heavy (non-hydrogen) atoms. The highest BCUT2D eigenvalue weighted by Gasteiger charge is 2.33. The smallest absolute Gasteiger partial charge is 0.324 e. The fourth-order valence-corrected chi connectivity index (χ4v) is 3.30. The molecule has 0 spiro atoms. The van der Waals surface area contributed by atoms with Crippen LogP contribution in [-0.4, -0.2) is 20.2 Å². The number of fused-ring (bicyclic) bond motifs is 2. The summed E-state index contributed by atoms with van der Waals surface area (Å²) >= 11 is 0. The largest absolute Gasteiger partial charge is 0.327 e. The number of rotatable bonds is 2. The van der Waals surface area contributed by atoms with Crippen molar-refractivity contribution in [2.75, 3.05) is 5.32 Å². The Morgan fingerprint density at radius 1 is 1.08 bits per heavy atom. The first-order valence-electron chi connectivity index (χ1n) is 7.85. The third kappa shape index (κ3) is 2.09. The zero-order valence-corrected chi connectivity index (χ0v) is 13.4. The lowest BCUT2D eigenvalue weighted by Crippen LogP contribution is -2.31. The molecular weight excluding hydrogens is 306 g/mol. The van der Waals surface area contributed by atoms with Gasteiger partial charge in [-0.15, -0.1) is 0 Å². The van der Waals surface area contributed by atoms with Gasteiger partial charge in [0.2, 0.25) is 0 Å². The van der Waals surface area contributed by atoms with Crippen molar-refractivity contribution in [2.45, 2.75) is 26.2 Å². The molecule has 0 aliphatic carbocycles. The van der Waals surface area contributed by atoms with E-state index in [0.717, 1.165) is 23.2 Å². The molecule has 122 valence electrons. The summed E-state index contributed by atoms with van der Waals surface area (Å²) in [4.78, 5) is 29.1. The lowest BCUT2D eigenvalue weighted by Gasteiger charge is -2.25. The summed E-state index contributed by atoms with van der Waals surface area (Å²) in [6.45, 7) is 4.02. The summed E-state index contributed by atoms with van der Waals surface area (Å²) in [6.07, 6.45) is 0.951. The highest BCUT2D eigenvalue weighted by molar-refractivity contribution is 5.71. The summed E-state index contributed by atoms with van der Waals surface area (Å²) < 4.78 is 0. The molecule has 1 aliphatic heterocycles. The van der Waals surface area contributed by atoms with Gasteiger partial charge in [-0.05, 0) is 24.5 Å². The second-order valence-electron chi connectivity index (χ2n) is 5.96. The van der Waals surface area contributed by atoms with Crippen molar-refractivity contribution in [3.63, 3.8) is 0 Å². The van der Waals surface area contributed by atoms with Crippen molar-refractivity contribution in [3.8, 4) is 0 Å². The molecule has 7 nitrogen and oxygen atoms in total. The summed E-state index contributed by atoms with van der Waals surface area (Å²) in [7, 11) is 0. The van der Waals surface area contributed by atoms with Crippen molar-refractivity contribution in [1.82, 2.24) is 20.2 Å². The van der Waals surface area contributed by atoms with Gasteiger partial charge in [0.1, 0.15) is 5.82 Å². The van der Waals surface area contributed by atoms with E-state index in [1.165, 1.54) is 5.56 Å². The molecule has 7 heteroatoms. The molecule has 2 aromatic heterocycles. The van der Waals surface area contributed by atoms with E-state index in [2.05, 4.69) is 44.5 Å². The third-order valence-corrected chi connectivity index (χ3v) is 4.52. The minimum absolute atomic E-state index is 0.290. The first kappa shape index (κ1) is 14.5. The highest BCUT2D eigenvalue weighted by atomic mass is 16.2. The number of aromatic nitrogens is 4. The Hall–Kier alpha value is -3.09. The van der Waals surface area contributed by atoms with Crippen molar-refractivity contribution in [1.29, 1.82) is 0 Å². The maximum absolute atomic E-state index is 12.5. The van der Waals surface area contributed by atoms with Gasteiger partial charge in [-0.25, -0.2) is 4.79 Å². The predicted octanol–water partition coefficient (Wildman–Crippen LogP) is 1.89. The maximum atomic E-state index is 12.5. The maximum Gasteiger partial charge on any atom is 0.327 e. The zero-order valence-electron chi connectivity index (χ0n) is 13.4. The predicted molar refractivity (Wildman–Crippen MR) is 91.1 cm³/mol. The van der Waals surface area contributed by atoms with Gasteiger partial charge in [0, 0.05) is 17.2 Å². The number of hydrogen-bond acceptors (Lipinski definition) is 4. The average molecular weight is 323 g/mol. The number of anilines is 2. The van der Waals surface area contributed by atoms with Crippen LogP contribution in [0.4, 0.5) is 11.6 Å². The molecule has 3 aromatic rings. The number of aryl methyl sites for hydroxylation is 2. The number of nitrogens with one attached hydrogen (secondary N) is 4. The fourth-order valence-electron chi connectivity index (χ4n) is 3.30. The van der Waals surface area contributed by atoms with E-state index < -0.39 is 11.2 Å². The first-order valence-corrected chi connectivity index (χ1v) is 7.85. The third-order valence-electron chi connectivity index (χ3n) is 4.52. The highest BCUT2D eigenvalue weighted by Crippen LogP contribution is 2.42. The minimum atomic E-state index is -0.540. The Bertz CT molecular complexity index is 1030. The zero-order chi connectivity index (χ0) is 16.8. The molecular formula is C17H17N5O2. The van der Waals surface area contributed by atoms with Gasteiger partial charge in [-0.3, -0.25) is 19.9 Å². The van der Waals surface area contributed by atoms with Crippen LogP contribution in [0.15, 0.2) is 33.9 Å². The number of H-pyrrole nitrogens is 3. The molecule has 0 radical (unpaired) electrons. The quantitative estimate of drug-likeness (QED) is 0.452. The fraction of sp³-hybridized carbons (Fsp3) is 0.235. The van der Waals surface area contributed by atoms with Crippen molar-refractivity contribution in [3.05, 3.63) is 73.1 Å². The van der Waals surface area contributed by atoms with E-state index in [1.54, 1.807) is 0 Å². The van der Waals surface area contributed by atoms with Gasteiger partial charge in [0.25, 0.3) is 5.56 Å². The molecule has 0 bridgehead atoms. The lowest BCUT2D eigenvalue weighted by molar-refractivity contribution is 0.880. The monoisotopic (exact) mass is 323 g/mol. The van der Waals surface area contributed by atoms with Gasteiger partial charge in [-0.2, -0.15) is 5.10 Å². The van der Waals surface area contributed by atoms with E-state index in [0.29, 0.717) is 17.2 Å². The van der Waals surface area contributed by atoms with E-state index in [4.69, 9.17) is 0 Å². The van der Waals surface area contributed by atoms with E-state index in [1.807, 2.05) is 19.1 Å². The van der Waals surface area contributed by atoms with Crippen molar-refractivity contribution < 1.29 is 0 Å². The van der Waals surface area contributed by atoms with Gasteiger partial charge < -0.3 is 5.32 Å². The molecule has 0 unspecified atom stereocenters. The van der Waals surface area contributed by atoms with Crippen LogP contribution in [0.1, 0.15) is 40.8 Å². The molecule has 1 aliphatic rings. The number of aromatic amines is 3. The molecule has 0 saturated carbocycles. The minimum Gasteiger partial charge on any atom is -0.324 e. The van der Waals surface area contributed by atoms with Crippen LogP contribution in [0.5, 0.6) is 0 Å². The van der Waals surface area contributed by atoms with Gasteiger partial charge in [-0.1, -0.05) is 31.2 Å². The Kier molecular flexibility index (Phi) is 3.16. The summed E-state index contributed by atoms with van der Waals surface area (Å²) in [5.41, 5.74) is 3.59. The molecule has 0 amide bonds. The van der Waals surface area contributed by atoms with Crippen LogP contribution < -0.4 is 16.6 Å². The van der Waals surface area contributed by atoms with E-state index in [-0.39, 0.29) is 5.92 Å².